The molecule has 114 valence electrons. The van der Waals surface area contributed by atoms with Crippen molar-refractivity contribution in [3.8, 4) is 0 Å². The first kappa shape index (κ1) is 16.4. The van der Waals surface area contributed by atoms with Crippen LogP contribution in [-0.4, -0.2) is 27.4 Å². The Hall–Kier alpha value is -1.62. The lowest BCUT2D eigenvalue weighted by Crippen LogP contribution is -2.15. The van der Waals surface area contributed by atoms with Crippen LogP contribution in [0.3, 0.4) is 0 Å². The van der Waals surface area contributed by atoms with Gasteiger partial charge in [0.25, 0.3) is 0 Å². The maximum atomic E-state index is 6.10. The highest BCUT2D eigenvalue weighted by Gasteiger charge is 2.16. The Morgan fingerprint density at radius 2 is 2.10 bits per heavy atom. The molecule has 1 atom stereocenters. The molecule has 0 radical (unpaired) electrons. The molecule has 0 bridgehead atoms. The van der Waals surface area contributed by atoms with Gasteiger partial charge in [-0.05, 0) is 37.7 Å². The fraction of sp³-hybridized carbons (Fsp3) is 0.600. The van der Waals surface area contributed by atoms with Crippen LogP contribution in [0.1, 0.15) is 26.2 Å². The van der Waals surface area contributed by atoms with Gasteiger partial charge in [0.05, 0.1) is 14.2 Å². The summed E-state index contributed by atoms with van der Waals surface area (Å²) in [5.74, 6) is 1.26. The van der Waals surface area contributed by atoms with Crippen LogP contribution >= 0.6 is 0 Å². The number of methoxy groups -OCH3 is 2. The van der Waals surface area contributed by atoms with Crippen molar-refractivity contribution in [2.75, 3.05) is 27.4 Å². The molecule has 0 saturated carbocycles. The van der Waals surface area contributed by atoms with E-state index in [9.17, 15) is 0 Å². The average Bonchev–Trinajstić information content (AvgIpc) is 2.50. The molecule has 0 amide bonds. The Morgan fingerprint density at radius 3 is 2.60 bits per heavy atom. The minimum absolute atomic E-state index is 0.223. The van der Waals surface area contributed by atoms with Crippen LogP contribution < -0.4 is 11.5 Å². The molecule has 0 aliphatic heterocycles. The minimum Gasteiger partial charge on any atom is -0.491 e. The van der Waals surface area contributed by atoms with Gasteiger partial charge in [0.1, 0.15) is 0 Å². The zero-order valence-corrected chi connectivity index (χ0v) is 12.6. The molecule has 1 aliphatic carbocycles. The topological polar surface area (TPSA) is 79.7 Å². The Labute approximate surface area is 121 Å². The van der Waals surface area contributed by atoms with E-state index in [4.69, 9.17) is 25.7 Å². The van der Waals surface area contributed by atoms with Crippen LogP contribution in [0.5, 0.6) is 0 Å². The molecule has 1 rings (SSSR count). The molecule has 0 saturated heterocycles. The van der Waals surface area contributed by atoms with Crippen molar-refractivity contribution in [3.05, 3.63) is 35.1 Å². The summed E-state index contributed by atoms with van der Waals surface area (Å²) in [7, 11) is 3.04. The second-order valence-corrected chi connectivity index (χ2v) is 4.77. The first-order valence-corrected chi connectivity index (χ1v) is 6.94. The lowest BCUT2D eigenvalue weighted by Gasteiger charge is -2.22. The van der Waals surface area contributed by atoms with Gasteiger partial charge in [0, 0.05) is 25.0 Å². The van der Waals surface area contributed by atoms with Crippen LogP contribution in [-0.2, 0) is 14.2 Å². The van der Waals surface area contributed by atoms with Crippen LogP contribution in [0.2, 0.25) is 0 Å². The van der Waals surface area contributed by atoms with Gasteiger partial charge in [-0.2, -0.15) is 0 Å². The molecular formula is C15H26N2O3. The molecule has 5 nitrogen and oxygen atoms in total. The highest BCUT2D eigenvalue weighted by Crippen LogP contribution is 2.27. The predicted octanol–water partition coefficient (Wildman–Crippen LogP) is 2.01. The number of ether oxygens (including phenoxy) is 3. The van der Waals surface area contributed by atoms with Crippen molar-refractivity contribution in [2.45, 2.75) is 26.2 Å². The van der Waals surface area contributed by atoms with Crippen molar-refractivity contribution < 1.29 is 14.2 Å². The summed E-state index contributed by atoms with van der Waals surface area (Å²) >= 11 is 0. The van der Waals surface area contributed by atoms with Crippen molar-refractivity contribution in [2.24, 2.45) is 17.4 Å². The number of allylic oxidation sites excluding steroid dienone is 3. The maximum absolute atomic E-state index is 6.10. The average molecular weight is 282 g/mol. The summed E-state index contributed by atoms with van der Waals surface area (Å²) in [5.41, 5.74) is 13.6. The molecule has 1 aliphatic rings. The van der Waals surface area contributed by atoms with Crippen molar-refractivity contribution in [1.29, 1.82) is 0 Å². The summed E-state index contributed by atoms with van der Waals surface area (Å²) in [6.07, 6.45) is 6.93. The van der Waals surface area contributed by atoms with Gasteiger partial charge in [0.15, 0.2) is 5.76 Å². The first-order valence-electron chi connectivity index (χ1n) is 6.94. The van der Waals surface area contributed by atoms with E-state index in [0.29, 0.717) is 17.4 Å². The summed E-state index contributed by atoms with van der Waals surface area (Å²) in [6, 6.07) is 0. The number of hydrogen-bond donors (Lipinski definition) is 2. The van der Waals surface area contributed by atoms with E-state index in [1.54, 1.807) is 13.2 Å². The smallest absolute Gasteiger partial charge is 0.227 e. The molecule has 0 aromatic rings. The zero-order chi connectivity index (χ0) is 15.0. The lowest BCUT2D eigenvalue weighted by molar-refractivity contribution is 0.106. The van der Waals surface area contributed by atoms with E-state index >= 15 is 0 Å². The first-order chi connectivity index (χ1) is 9.62. The standard InChI is InChI=1S/C15H26N2O3/c1-4-20-10-11-5-7-12(8-6-11)13(16)9-14(18-2)15(17)19-3/h7,9,11H,4-6,8,10,16-17H2,1-3H3/b13-9-,15-14-. The molecule has 0 fully saturated rings. The van der Waals surface area contributed by atoms with Gasteiger partial charge < -0.3 is 25.7 Å². The fourth-order valence-electron chi connectivity index (χ4n) is 2.15. The van der Waals surface area contributed by atoms with Gasteiger partial charge >= 0.3 is 0 Å². The summed E-state index contributed by atoms with van der Waals surface area (Å²) in [6.45, 7) is 3.61. The largest absolute Gasteiger partial charge is 0.491 e. The molecule has 0 aromatic carbocycles. The Morgan fingerprint density at radius 1 is 1.35 bits per heavy atom. The number of hydrogen-bond acceptors (Lipinski definition) is 5. The van der Waals surface area contributed by atoms with E-state index in [2.05, 4.69) is 6.08 Å². The monoisotopic (exact) mass is 282 g/mol. The summed E-state index contributed by atoms with van der Waals surface area (Å²) in [5, 5.41) is 0. The van der Waals surface area contributed by atoms with Crippen molar-refractivity contribution in [3.63, 3.8) is 0 Å². The van der Waals surface area contributed by atoms with Crippen molar-refractivity contribution >= 4 is 0 Å². The van der Waals surface area contributed by atoms with Crippen molar-refractivity contribution in [1.82, 2.24) is 0 Å². The Balaban J connectivity index is 2.69. The van der Waals surface area contributed by atoms with Gasteiger partial charge in [-0.1, -0.05) is 6.08 Å². The second kappa shape index (κ2) is 8.53. The third-order valence-corrected chi connectivity index (χ3v) is 3.42. The molecule has 0 spiro atoms. The van der Waals surface area contributed by atoms with Crippen LogP contribution in [0.25, 0.3) is 0 Å². The lowest BCUT2D eigenvalue weighted by atomic mass is 9.89. The molecule has 1 unspecified atom stereocenters. The SMILES string of the molecule is CCOCC1CC=C(/C(N)=C/C(OC)=C(\N)OC)CC1. The summed E-state index contributed by atoms with van der Waals surface area (Å²) in [4.78, 5) is 0. The van der Waals surface area contributed by atoms with E-state index < -0.39 is 0 Å². The third-order valence-electron chi connectivity index (χ3n) is 3.42. The quantitative estimate of drug-likeness (QED) is 0.551. The van der Waals surface area contributed by atoms with Crippen LogP contribution in [0, 0.1) is 5.92 Å². The zero-order valence-electron chi connectivity index (χ0n) is 12.6. The third kappa shape index (κ3) is 4.81. The second-order valence-electron chi connectivity index (χ2n) is 4.77. The molecule has 4 N–H and O–H groups in total. The van der Waals surface area contributed by atoms with Gasteiger partial charge in [-0.15, -0.1) is 0 Å². The summed E-state index contributed by atoms with van der Waals surface area (Å²) < 4.78 is 15.6. The van der Waals surface area contributed by atoms with Crippen LogP contribution in [0.4, 0.5) is 0 Å². The van der Waals surface area contributed by atoms with E-state index in [1.165, 1.54) is 7.11 Å². The molecule has 0 aromatic heterocycles. The highest BCUT2D eigenvalue weighted by molar-refractivity contribution is 5.34. The van der Waals surface area contributed by atoms with Gasteiger partial charge in [0.2, 0.25) is 5.88 Å². The minimum atomic E-state index is 0.223. The highest BCUT2D eigenvalue weighted by atomic mass is 16.5. The maximum Gasteiger partial charge on any atom is 0.227 e. The number of rotatable bonds is 7. The Bertz CT molecular complexity index is 400. The van der Waals surface area contributed by atoms with Crippen LogP contribution in [0.15, 0.2) is 35.1 Å². The number of nitrogens with two attached hydrogens (primary N) is 2. The van der Waals surface area contributed by atoms with E-state index in [-0.39, 0.29) is 5.88 Å². The van der Waals surface area contributed by atoms with Gasteiger partial charge in [-0.3, -0.25) is 0 Å². The molecule has 0 heterocycles. The van der Waals surface area contributed by atoms with Gasteiger partial charge in [-0.25, -0.2) is 0 Å². The normalized spacial score (nSPS) is 21.1. The molecule has 5 heteroatoms. The van der Waals surface area contributed by atoms with E-state index in [0.717, 1.165) is 38.0 Å². The van der Waals surface area contributed by atoms with E-state index in [1.807, 2.05) is 6.92 Å². The Kier molecular flexibility index (Phi) is 7.01. The fourth-order valence-corrected chi connectivity index (χ4v) is 2.15. The molecular weight excluding hydrogens is 256 g/mol. The molecule has 20 heavy (non-hydrogen) atoms. The predicted molar refractivity (Wildman–Crippen MR) is 79.4 cm³/mol.